The van der Waals surface area contributed by atoms with E-state index in [1.807, 2.05) is 36.5 Å². The third kappa shape index (κ3) is 4.58. The van der Waals surface area contributed by atoms with Crippen LogP contribution in [0.4, 0.5) is 0 Å². The highest BCUT2D eigenvalue weighted by Gasteiger charge is 2.30. The molecule has 162 valence electrons. The Labute approximate surface area is 178 Å². The Morgan fingerprint density at radius 1 is 1.03 bits per heavy atom. The molecule has 2 aliphatic heterocycles. The first-order chi connectivity index (χ1) is 14.4. The smallest absolute Gasteiger partial charge is 0.243 e. The van der Waals surface area contributed by atoms with Crippen LogP contribution in [-0.4, -0.2) is 83.8 Å². The van der Waals surface area contributed by atoms with E-state index in [4.69, 9.17) is 0 Å². The standard InChI is InChI=1S/C21H29N5O3S/c1-18-2-4-20(5-3-18)30(28,29)26-14-12-23(13-15-26)16-21(27)24-9-6-19(7-10-24)25-11-8-22-17-25/h2-5,8,11,17,19H,6-7,9-10,12-16H2,1H3. The fourth-order valence-corrected chi connectivity index (χ4v) is 5.60. The molecule has 0 N–H and O–H groups in total. The Kier molecular flexibility index (Phi) is 6.21. The fourth-order valence-electron chi connectivity index (χ4n) is 4.18. The Morgan fingerprint density at radius 2 is 1.70 bits per heavy atom. The summed E-state index contributed by atoms with van der Waals surface area (Å²) in [5.74, 6) is 0.133. The number of aryl methyl sites for hydroxylation is 1. The van der Waals surface area contributed by atoms with Crippen molar-refractivity contribution in [3.63, 3.8) is 0 Å². The molecule has 4 rings (SSSR count). The molecule has 0 bridgehead atoms. The number of aromatic nitrogens is 2. The molecule has 2 aromatic rings. The molecule has 1 aromatic heterocycles. The normalized spacial score (nSPS) is 19.8. The summed E-state index contributed by atoms with van der Waals surface area (Å²) in [5, 5.41) is 0. The number of piperidine rings is 1. The van der Waals surface area contributed by atoms with Crippen LogP contribution < -0.4 is 0 Å². The molecule has 2 fully saturated rings. The van der Waals surface area contributed by atoms with Crippen molar-refractivity contribution in [1.29, 1.82) is 0 Å². The van der Waals surface area contributed by atoms with Gasteiger partial charge in [-0.05, 0) is 31.9 Å². The summed E-state index contributed by atoms with van der Waals surface area (Å²) in [5.41, 5.74) is 1.03. The molecule has 0 unspecified atom stereocenters. The van der Waals surface area contributed by atoms with Gasteiger partial charge in [-0.15, -0.1) is 0 Å². The van der Waals surface area contributed by atoms with Crippen molar-refractivity contribution in [2.45, 2.75) is 30.7 Å². The number of likely N-dealkylation sites (tertiary alicyclic amines) is 1. The number of nitrogens with zero attached hydrogens (tertiary/aromatic N) is 5. The molecular formula is C21H29N5O3S. The number of hydrogen-bond donors (Lipinski definition) is 0. The lowest BCUT2D eigenvalue weighted by atomic mass is 10.0. The average molecular weight is 432 g/mol. The van der Waals surface area contributed by atoms with Crippen LogP contribution in [0.1, 0.15) is 24.4 Å². The van der Waals surface area contributed by atoms with E-state index in [1.165, 1.54) is 4.31 Å². The van der Waals surface area contributed by atoms with Gasteiger partial charge in [0.25, 0.3) is 0 Å². The minimum atomic E-state index is -3.47. The molecule has 0 aliphatic carbocycles. The molecule has 0 atom stereocenters. The second kappa shape index (κ2) is 8.87. The van der Waals surface area contributed by atoms with Gasteiger partial charge < -0.3 is 9.47 Å². The van der Waals surface area contributed by atoms with Crippen LogP contribution in [0.5, 0.6) is 0 Å². The molecule has 1 aromatic carbocycles. The lowest BCUT2D eigenvalue weighted by Crippen LogP contribution is -2.52. The zero-order valence-corrected chi connectivity index (χ0v) is 18.2. The van der Waals surface area contributed by atoms with Gasteiger partial charge in [-0.3, -0.25) is 9.69 Å². The summed E-state index contributed by atoms with van der Waals surface area (Å²) in [6, 6.07) is 7.37. The molecule has 3 heterocycles. The summed E-state index contributed by atoms with van der Waals surface area (Å²) in [6.07, 6.45) is 7.48. The SMILES string of the molecule is Cc1ccc(S(=O)(=O)N2CCN(CC(=O)N3CCC(n4ccnc4)CC3)CC2)cc1. The predicted molar refractivity (Wildman–Crippen MR) is 113 cm³/mol. The van der Waals surface area contributed by atoms with Crippen molar-refractivity contribution in [2.24, 2.45) is 0 Å². The van der Waals surface area contributed by atoms with Gasteiger partial charge in [0.2, 0.25) is 15.9 Å². The summed E-state index contributed by atoms with van der Waals surface area (Å²) >= 11 is 0. The first-order valence-corrected chi connectivity index (χ1v) is 11.9. The van der Waals surface area contributed by atoms with Crippen molar-refractivity contribution in [3.05, 3.63) is 48.5 Å². The number of carbonyl (C=O) groups excluding carboxylic acids is 1. The van der Waals surface area contributed by atoms with Crippen molar-refractivity contribution in [3.8, 4) is 0 Å². The maximum atomic E-state index is 12.8. The number of rotatable bonds is 5. The van der Waals surface area contributed by atoms with E-state index in [-0.39, 0.29) is 5.91 Å². The summed E-state index contributed by atoms with van der Waals surface area (Å²) < 4.78 is 29.3. The van der Waals surface area contributed by atoms with Gasteiger partial charge in [0.1, 0.15) is 0 Å². The van der Waals surface area contributed by atoms with Crippen LogP contribution in [0, 0.1) is 6.92 Å². The molecule has 2 aliphatic rings. The van der Waals surface area contributed by atoms with Crippen molar-refractivity contribution >= 4 is 15.9 Å². The molecule has 8 nitrogen and oxygen atoms in total. The first kappa shape index (κ1) is 21.0. The first-order valence-electron chi connectivity index (χ1n) is 10.5. The Bertz CT molecular complexity index is 943. The number of sulfonamides is 1. The Balaban J connectivity index is 1.26. The van der Waals surface area contributed by atoms with Crippen LogP contribution in [0.2, 0.25) is 0 Å². The van der Waals surface area contributed by atoms with E-state index >= 15 is 0 Å². The van der Waals surface area contributed by atoms with E-state index in [0.717, 1.165) is 31.5 Å². The maximum Gasteiger partial charge on any atom is 0.243 e. The van der Waals surface area contributed by atoms with Crippen molar-refractivity contribution < 1.29 is 13.2 Å². The highest BCUT2D eigenvalue weighted by Crippen LogP contribution is 2.22. The largest absolute Gasteiger partial charge is 0.341 e. The Morgan fingerprint density at radius 3 is 2.30 bits per heavy atom. The zero-order valence-electron chi connectivity index (χ0n) is 17.4. The van der Waals surface area contributed by atoms with Crippen molar-refractivity contribution in [1.82, 2.24) is 23.7 Å². The highest BCUT2D eigenvalue weighted by atomic mass is 32.2. The van der Waals surface area contributed by atoms with Gasteiger partial charge in [0.15, 0.2) is 0 Å². The molecule has 9 heteroatoms. The van der Waals surface area contributed by atoms with Crippen LogP contribution in [0.25, 0.3) is 0 Å². The molecule has 0 saturated carbocycles. The fraction of sp³-hybridized carbons (Fsp3) is 0.524. The number of carbonyl (C=O) groups is 1. The van der Waals surface area contributed by atoms with Gasteiger partial charge in [-0.25, -0.2) is 13.4 Å². The van der Waals surface area contributed by atoms with E-state index in [1.54, 1.807) is 18.3 Å². The number of hydrogen-bond acceptors (Lipinski definition) is 5. The zero-order chi connectivity index (χ0) is 21.1. The monoisotopic (exact) mass is 431 g/mol. The van der Waals surface area contributed by atoms with Gasteiger partial charge in [-0.1, -0.05) is 17.7 Å². The maximum absolute atomic E-state index is 12.8. The van der Waals surface area contributed by atoms with Crippen LogP contribution in [-0.2, 0) is 14.8 Å². The van der Waals surface area contributed by atoms with Crippen LogP contribution in [0.3, 0.4) is 0 Å². The summed E-state index contributed by atoms with van der Waals surface area (Å²) in [4.78, 5) is 21.2. The molecule has 1 amide bonds. The molecule has 2 saturated heterocycles. The number of benzene rings is 1. The average Bonchev–Trinajstić information content (AvgIpc) is 3.29. The molecule has 0 spiro atoms. The van der Waals surface area contributed by atoms with E-state index < -0.39 is 10.0 Å². The van der Waals surface area contributed by atoms with Gasteiger partial charge in [0, 0.05) is 57.7 Å². The minimum Gasteiger partial charge on any atom is -0.341 e. The second-order valence-electron chi connectivity index (χ2n) is 8.12. The van der Waals surface area contributed by atoms with E-state index in [2.05, 4.69) is 14.5 Å². The van der Waals surface area contributed by atoms with E-state index in [0.29, 0.717) is 43.7 Å². The molecule has 0 radical (unpaired) electrons. The predicted octanol–water partition coefficient (Wildman–Crippen LogP) is 1.36. The van der Waals surface area contributed by atoms with Crippen molar-refractivity contribution in [2.75, 3.05) is 45.8 Å². The van der Waals surface area contributed by atoms with Gasteiger partial charge >= 0.3 is 0 Å². The molecule has 30 heavy (non-hydrogen) atoms. The lowest BCUT2D eigenvalue weighted by Gasteiger charge is -2.36. The minimum absolute atomic E-state index is 0.133. The number of piperazine rings is 1. The lowest BCUT2D eigenvalue weighted by molar-refractivity contribution is -0.134. The van der Waals surface area contributed by atoms with Crippen LogP contribution in [0.15, 0.2) is 47.9 Å². The summed E-state index contributed by atoms with van der Waals surface area (Å²) in [6.45, 7) is 5.76. The number of imidazole rings is 1. The van der Waals surface area contributed by atoms with Crippen LogP contribution >= 0.6 is 0 Å². The summed E-state index contributed by atoms with van der Waals surface area (Å²) in [7, 11) is -3.47. The van der Waals surface area contributed by atoms with Gasteiger partial charge in [0.05, 0.1) is 17.8 Å². The second-order valence-corrected chi connectivity index (χ2v) is 10.1. The third-order valence-corrected chi connectivity index (χ3v) is 8.03. The highest BCUT2D eigenvalue weighted by molar-refractivity contribution is 7.89. The Hall–Kier alpha value is -2.23. The van der Waals surface area contributed by atoms with Gasteiger partial charge in [-0.2, -0.15) is 4.31 Å². The van der Waals surface area contributed by atoms with E-state index in [9.17, 15) is 13.2 Å². The third-order valence-electron chi connectivity index (χ3n) is 6.11. The topological polar surface area (TPSA) is 78.8 Å². The number of amides is 1. The molecular weight excluding hydrogens is 402 g/mol. The quantitative estimate of drug-likeness (QED) is 0.714.